The van der Waals surface area contributed by atoms with Crippen LogP contribution in [0.1, 0.15) is 30.5 Å². The minimum atomic E-state index is -0.637. The normalized spacial score (nSPS) is 13.7. The maximum Gasteiger partial charge on any atom is 0.318 e. The van der Waals surface area contributed by atoms with Crippen molar-refractivity contribution < 1.29 is 23.8 Å². The van der Waals surface area contributed by atoms with Gasteiger partial charge >= 0.3 is 6.03 Å². The number of hydrogen-bond acceptors (Lipinski definition) is 5. The molecule has 1 atom stereocenters. The molecule has 0 spiro atoms. The fourth-order valence-corrected chi connectivity index (χ4v) is 3.86. The Morgan fingerprint density at radius 3 is 2.18 bits per heavy atom. The quantitative estimate of drug-likeness (QED) is 0.639. The molecule has 0 radical (unpaired) electrons. The van der Waals surface area contributed by atoms with Gasteiger partial charge in [-0.2, -0.15) is 0 Å². The molecule has 1 aliphatic heterocycles. The van der Waals surface area contributed by atoms with Crippen LogP contribution < -0.4 is 24.8 Å². The molecule has 0 saturated carbocycles. The molecule has 3 amide bonds. The molecule has 2 aromatic rings. The molecule has 3 rings (SSSR count). The van der Waals surface area contributed by atoms with Gasteiger partial charge in [-0.1, -0.05) is 26.0 Å². The molecule has 8 nitrogen and oxygen atoms in total. The Hall–Kier alpha value is -3.42. The van der Waals surface area contributed by atoms with Crippen LogP contribution in [-0.4, -0.2) is 50.8 Å². The van der Waals surface area contributed by atoms with Crippen molar-refractivity contribution >= 4 is 11.9 Å². The maximum absolute atomic E-state index is 13.0. The van der Waals surface area contributed by atoms with Gasteiger partial charge in [0, 0.05) is 19.6 Å². The summed E-state index contributed by atoms with van der Waals surface area (Å²) in [5.74, 6) is 1.81. The van der Waals surface area contributed by atoms with E-state index in [9.17, 15) is 9.59 Å². The summed E-state index contributed by atoms with van der Waals surface area (Å²) in [6.07, 6.45) is 0.707. The van der Waals surface area contributed by atoms with E-state index in [-0.39, 0.29) is 17.9 Å². The summed E-state index contributed by atoms with van der Waals surface area (Å²) in [4.78, 5) is 27.6. The van der Waals surface area contributed by atoms with Gasteiger partial charge in [-0.3, -0.25) is 4.79 Å². The van der Waals surface area contributed by atoms with Crippen LogP contribution in [-0.2, 0) is 24.3 Å². The number of rotatable bonds is 8. The highest BCUT2D eigenvalue weighted by atomic mass is 16.5. The molecule has 178 valence electrons. The number of hydrogen-bond donors (Lipinski definition) is 2. The van der Waals surface area contributed by atoms with E-state index in [0.717, 1.165) is 22.4 Å². The molecule has 8 heteroatoms. The van der Waals surface area contributed by atoms with E-state index in [0.29, 0.717) is 37.6 Å². The lowest BCUT2D eigenvalue weighted by molar-refractivity contribution is -0.124. The molecule has 0 fully saturated rings. The number of urea groups is 1. The van der Waals surface area contributed by atoms with Crippen molar-refractivity contribution in [2.45, 2.75) is 39.4 Å². The predicted molar refractivity (Wildman–Crippen MR) is 126 cm³/mol. The van der Waals surface area contributed by atoms with Crippen LogP contribution in [0, 0.1) is 5.92 Å². The third kappa shape index (κ3) is 5.88. The standard InChI is InChI=1S/C25H33N3O5/c1-16(2)23(24(29)26-14-17-6-8-20(31-3)9-7-17)27-25(30)28-11-10-18-12-21(32-4)22(33-5)13-19(18)15-28/h6-9,12-13,16,23H,10-11,14-15H2,1-5H3,(H,26,29)(H,27,30)/t23-/m0/s1. The molecule has 1 aliphatic rings. The molecular weight excluding hydrogens is 422 g/mol. The third-order valence-electron chi connectivity index (χ3n) is 5.86. The number of benzene rings is 2. The van der Waals surface area contributed by atoms with Crippen LogP contribution in [0.5, 0.6) is 17.2 Å². The van der Waals surface area contributed by atoms with Crippen LogP contribution in [0.15, 0.2) is 36.4 Å². The minimum absolute atomic E-state index is 0.0637. The summed E-state index contributed by atoms with van der Waals surface area (Å²) in [5.41, 5.74) is 3.10. The van der Waals surface area contributed by atoms with Gasteiger partial charge in [0.25, 0.3) is 0 Å². The molecule has 0 aromatic heterocycles. The number of carbonyl (C=O) groups excluding carboxylic acids is 2. The van der Waals surface area contributed by atoms with E-state index < -0.39 is 6.04 Å². The number of nitrogens with zero attached hydrogens (tertiary/aromatic N) is 1. The molecule has 0 saturated heterocycles. The van der Waals surface area contributed by atoms with Gasteiger partial charge in [0.2, 0.25) is 5.91 Å². The van der Waals surface area contributed by atoms with Crippen LogP contribution in [0.2, 0.25) is 0 Å². The van der Waals surface area contributed by atoms with E-state index in [1.807, 2.05) is 50.2 Å². The topological polar surface area (TPSA) is 89.1 Å². The predicted octanol–water partition coefficient (Wildman–Crippen LogP) is 3.12. The van der Waals surface area contributed by atoms with Crippen LogP contribution >= 0.6 is 0 Å². The lowest BCUT2D eigenvalue weighted by Crippen LogP contribution is -2.54. The Balaban J connectivity index is 1.62. The maximum atomic E-state index is 13.0. The Labute approximate surface area is 195 Å². The van der Waals surface area contributed by atoms with Gasteiger partial charge in [-0.25, -0.2) is 4.79 Å². The summed E-state index contributed by atoms with van der Waals surface area (Å²) in [6.45, 7) is 5.22. The fourth-order valence-electron chi connectivity index (χ4n) is 3.86. The molecule has 0 unspecified atom stereocenters. The average Bonchev–Trinajstić information content (AvgIpc) is 2.84. The highest BCUT2D eigenvalue weighted by Gasteiger charge is 2.28. The SMILES string of the molecule is COc1ccc(CNC(=O)[C@@H](NC(=O)N2CCc3cc(OC)c(OC)cc3C2)C(C)C)cc1. The van der Waals surface area contributed by atoms with Crippen LogP contribution in [0.4, 0.5) is 4.79 Å². The number of ether oxygens (including phenoxy) is 3. The first-order chi connectivity index (χ1) is 15.9. The second kappa shape index (κ2) is 10.9. The zero-order valence-corrected chi connectivity index (χ0v) is 19.9. The second-order valence-corrected chi connectivity index (χ2v) is 8.38. The van der Waals surface area contributed by atoms with E-state index in [1.54, 1.807) is 26.2 Å². The molecule has 2 N–H and O–H groups in total. The molecule has 0 bridgehead atoms. The summed E-state index contributed by atoms with van der Waals surface area (Å²) in [5, 5.41) is 5.85. The minimum Gasteiger partial charge on any atom is -0.497 e. The van der Waals surface area contributed by atoms with E-state index in [1.165, 1.54) is 0 Å². The monoisotopic (exact) mass is 455 g/mol. The molecular formula is C25H33N3O5. The zero-order valence-electron chi connectivity index (χ0n) is 19.9. The van der Waals surface area contributed by atoms with Gasteiger partial charge < -0.3 is 29.7 Å². The van der Waals surface area contributed by atoms with E-state index in [4.69, 9.17) is 14.2 Å². The Kier molecular flexibility index (Phi) is 8.03. The molecule has 2 aromatic carbocycles. The zero-order chi connectivity index (χ0) is 24.0. The largest absolute Gasteiger partial charge is 0.497 e. The van der Waals surface area contributed by atoms with Gasteiger partial charge in [-0.05, 0) is 53.3 Å². The Morgan fingerprint density at radius 1 is 0.970 bits per heavy atom. The summed E-state index contributed by atoms with van der Waals surface area (Å²) in [7, 11) is 4.81. The highest BCUT2D eigenvalue weighted by Crippen LogP contribution is 2.33. The Bertz CT molecular complexity index is 975. The molecule has 0 aliphatic carbocycles. The van der Waals surface area contributed by atoms with Crippen molar-refractivity contribution in [1.82, 2.24) is 15.5 Å². The van der Waals surface area contributed by atoms with Gasteiger partial charge in [0.1, 0.15) is 11.8 Å². The first-order valence-electron chi connectivity index (χ1n) is 11.1. The van der Waals surface area contributed by atoms with Crippen molar-refractivity contribution in [3.8, 4) is 17.2 Å². The first-order valence-corrected chi connectivity index (χ1v) is 11.1. The average molecular weight is 456 g/mol. The number of methoxy groups -OCH3 is 3. The summed E-state index contributed by atoms with van der Waals surface area (Å²) < 4.78 is 15.9. The molecule has 33 heavy (non-hydrogen) atoms. The summed E-state index contributed by atoms with van der Waals surface area (Å²) >= 11 is 0. The number of carbonyl (C=O) groups is 2. The van der Waals surface area contributed by atoms with Crippen LogP contribution in [0.3, 0.4) is 0 Å². The molecule has 1 heterocycles. The number of fused-ring (bicyclic) bond motifs is 1. The van der Waals surface area contributed by atoms with Gasteiger partial charge in [0.05, 0.1) is 21.3 Å². The van der Waals surface area contributed by atoms with Crippen molar-refractivity contribution in [3.63, 3.8) is 0 Å². The fraction of sp³-hybridized carbons (Fsp3) is 0.440. The number of nitrogens with one attached hydrogen (secondary N) is 2. The van der Waals surface area contributed by atoms with Crippen molar-refractivity contribution in [1.29, 1.82) is 0 Å². The van der Waals surface area contributed by atoms with Crippen molar-refractivity contribution in [2.75, 3.05) is 27.9 Å². The highest BCUT2D eigenvalue weighted by molar-refractivity contribution is 5.87. The third-order valence-corrected chi connectivity index (χ3v) is 5.86. The van der Waals surface area contributed by atoms with E-state index in [2.05, 4.69) is 10.6 Å². The Morgan fingerprint density at radius 2 is 1.61 bits per heavy atom. The lowest BCUT2D eigenvalue weighted by Gasteiger charge is -2.32. The summed E-state index contributed by atoms with van der Waals surface area (Å²) in [6, 6.07) is 10.5. The van der Waals surface area contributed by atoms with Crippen LogP contribution in [0.25, 0.3) is 0 Å². The van der Waals surface area contributed by atoms with Gasteiger partial charge in [-0.15, -0.1) is 0 Å². The van der Waals surface area contributed by atoms with E-state index >= 15 is 0 Å². The second-order valence-electron chi connectivity index (χ2n) is 8.38. The smallest absolute Gasteiger partial charge is 0.318 e. The van der Waals surface area contributed by atoms with Crippen molar-refractivity contribution in [2.24, 2.45) is 5.92 Å². The van der Waals surface area contributed by atoms with Crippen molar-refractivity contribution in [3.05, 3.63) is 53.1 Å². The first kappa shape index (κ1) is 24.2. The number of amides is 3. The lowest BCUT2D eigenvalue weighted by atomic mass is 9.99. The van der Waals surface area contributed by atoms with Gasteiger partial charge in [0.15, 0.2) is 11.5 Å².